The van der Waals surface area contributed by atoms with Crippen LogP contribution in [0.4, 0.5) is 0 Å². The number of aliphatic hydroxyl groups is 1. The zero-order valence-corrected chi connectivity index (χ0v) is 12.1. The van der Waals surface area contributed by atoms with Crippen LogP contribution in [-0.2, 0) is 6.54 Å². The maximum absolute atomic E-state index is 8.99. The van der Waals surface area contributed by atoms with E-state index in [1.807, 2.05) is 17.7 Å². The van der Waals surface area contributed by atoms with E-state index < -0.39 is 0 Å². The van der Waals surface area contributed by atoms with Gasteiger partial charge in [-0.1, -0.05) is 11.6 Å². The Hall–Kier alpha value is -1.17. The molecule has 0 radical (unpaired) electrons. The van der Waals surface area contributed by atoms with Crippen LogP contribution in [0.3, 0.4) is 0 Å². The molecule has 0 spiro atoms. The zero-order chi connectivity index (χ0) is 14.0. The summed E-state index contributed by atoms with van der Waals surface area (Å²) in [7, 11) is 0. The van der Waals surface area contributed by atoms with Crippen molar-refractivity contribution in [2.45, 2.75) is 39.4 Å². The Bertz CT molecular complexity index is 567. The Morgan fingerprint density at radius 1 is 1.42 bits per heavy atom. The number of halogens is 1. The molecule has 2 aromatic rings. The molecular formula is C13H19ClN4O. The largest absolute Gasteiger partial charge is 0.395 e. The third kappa shape index (κ3) is 3.05. The first kappa shape index (κ1) is 14.2. The molecule has 19 heavy (non-hydrogen) atoms. The molecule has 0 fully saturated rings. The number of nitrogens with zero attached hydrogens (tertiary/aromatic N) is 3. The Labute approximate surface area is 117 Å². The van der Waals surface area contributed by atoms with Gasteiger partial charge in [-0.25, -0.2) is 9.67 Å². The van der Waals surface area contributed by atoms with Crippen molar-refractivity contribution in [3.8, 4) is 0 Å². The molecule has 0 aliphatic carbocycles. The first-order chi connectivity index (χ1) is 9.02. The highest BCUT2D eigenvalue weighted by atomic mass is 35.5. The molecule has 0 aromatic carbocycles. The van der Waals surface area contributed by atoms with Crippen LogP contribution in [0.15, 0.2) is 12.3 Å². The number of fused-ring (bicyclic) bond motifs is 1. The van der Waals surface area contributed by atoms with Crippen molar-refractivity contribution in [1.29, 1.82) is 0 Å². The minimum atomic E-state index is 0.0325. The summed E-state index contributed by atoms with van der Waals surface area (Å²) in [4.78, 5) is 4.42. The minimum absolute atomic E-state index is 0.0325. The third-order valence-corrected chi connectivity index (χ3v) is 3.33. The molecular weight excluding hydrogens is 264 g/mol. The lowest BCUT2D eigenvalue weighted by molar-refractivity contribution is 0.251. The molecule has 0 aliphatic heterocycles. The zero-order valence-electron chi connectivity index (χ0n) is 11.4. The van der Waals surface area contributed by atoms with Gasteiger partial charge < -0.3 is 10.4 Å². The maximum atomic E-state index is 8.99. The highest BCUT2D eigenvalue weighted by molar-refractivity contribution is 6.30. The number of aliphatic hydroxyl groups excluding tert-OH is 1. The van der Waals surface area contributed by atoms with Gasteiger partial charge in [-0.2, -0.15) is 5.10 Å². The summed E-state index contributed by atoms with van der Waals surface area (Å²) in [6.07, 6.45) is 1.80. The van der Waals surface area contributed by atoms with Crippen LogP contribution in [0.1, 0.15) is 32.4 Å². The summed E-state index contributed by atoms with van der Waals surface area (Å²) < 4.78 is 1.86. The van der Waals surface area contributed by atoms with Crippen molar-refractivity contribution in [1.82, 2.24) is 20.1 Å². The molecule has 0 bridgehead atoms. The van der Waals surface area contributed by atoms with Crippen molar-refractivity contribution in [2.24, 2.45) is 0 Å². The van der Waals surface area contributed by atoms with Crippen LogP contribution in [0.25, 0.3) is 11.0 Å². The first-order valence-electron chi connectivity index (χ1n) is 6.39. The Morgan fingerprint density at radius 3 is 2.79 bits per heavy atom. The quantitative estimate of drug-likeness (QED) is 0.825. The van der Waals surface area contributed by atoms with Gasteiger partial charge in [0.15, 0.2) is 5.65 Å². The summed E-state index contributed by atoms with van der Waals surface area (Å²) in [5.41, 5.74) is 1.72. The lowest BCUT2D eigenvalue weighted by Crippen LogP contribution is -2.28. The molecule has 6 heteroatoms. The minimum Gasteiger partial charge on any atom is -0.395 e. The number of rotatable bonds is 5. The summed E-state index contributed by atoms with van der Waals surface area (Å²) in [5, 5.41) is 18.0. The highest BCUT2D eigenvalue weighted by Crippen LogP contribution is 2.22. The van der Waals surface area contributed by atoms with Crippen molar-refractivity contribution in [2.75, 3.05) is 6.61 Å². The smallest absolute Gasteiger partial charge is 0.159 e. The molecule has 0 aliphatic rings. The topological polar surface area (TPSA) is 63.0 Å². The van der Waals surface area contributed by atoms with Crippen molar-refractivity contribution < 1.29 is 5.11 Å². The standard InChI is InChI=1S/C13H19ClN4O/c1-8(2)18-13-11(6-16-18)4-10(12(14)17-13)5-15-9(3)7-19/h4,6,8-9,15,19H,5,7H2,1-3H3/t9-/m1/s1. The van der Waals surface area contributed by atoms with E-state index in [0.29, 0.717) is 11.7 Å². The van der Waals surface area contributed by atoms with Gasteiger partial charge in [-0.15, -0.1) is 0 Å². The molecule has 0 saturated carbocycles. The monoisotopic (exact) mass is 282 g/mol. The van der Waals surface area contributed by atoms with Crippen LogP contribution < -0.4 is 5.32 Å². The van der Waals surface area contributed by atoms with Crippen LogP contribution in [-0.4, -0.2) is 32.5 Å². The average molecular weight is 283 g/mol. The molecule has 0 unspecified atom stereocenters. The van der Waals surface area contributed by atoms with Gasteiger partial charge in [-0.05, 0) is 26.8 Å². The molecule has 0 amide bonds. The predicted molar refractivity (Wildman–Crippen MR) is 76.3 cm³/mol. The van der Waals surface area contributed by atoms with Gasteiger partial charge in [0, 0.05) is 29.6 Å². The summed E-state index contributed by atoms with van der Waals surface area (Å²) in [5.74, 6) is 0. The fraction of sp³-hybridized carbons (Fsp3) is 0.538. The van der Waals surface area contributed by atoms with Crippen LogP contribution in [0, 0.1) is 0 Å². The molecule has 0 saturated heterocycles. The number of pyridine rings is 1. The maximum Gasteiger partial charge on any atom is 0.159 e. The van der Waals surface area contributed by atoms with Crippen LogP contribution >= 0.6 is 11.6 Å². The van der Waals surface area contributed by atoms with Crippen LogP contribution in [0.5, 0.6) is 0 Å². The van der Waals surface area contributed by atoms with Crippen molar-refractivity contribution >= 4 is 22.6 Å². The van der Waals surface area contributed by atoms with Crippen molar-refractivity contribution in [3.63, 3.8) is 0 Å². The molecule has 2 heterocycles. The Balaban J connectivity index is 2.30. The summed E-state index contributed by atoms with van der Waals surface area (Å²) >= 11 is 6.21. The second-order valence-electron chi connectivity index (χ2n) is 5.00. The molecule has 2 aromatic heterocycles. The first-order valence-corrected chi connectivity index (χ1v) is 6.77. The SMILES string of the molecule is CC(C)n1ncc2cc(CN[C@H](C)CO)c(Cl)nc21. The lowest BCUT2D eigenvalue weighted by Gasteiger charge is -2.12. The predicted octanol–water partition coefficient (Wildman–Crippen LogP) is 2.14. The molecule has 2 rings (SSSR count). The van der Waals surface area contributed by atoms with E-state index in [0.717, 1.165) is 16.6 Å². The lowest BCUT2D eigenvalue weighted by atomic mass is 10.2. The number of hydrogen-bond donors (Lipinski definition) is 2. The second-order valence-corrected chi connectivity index (χ2v) is 5.36. The number of hydrogen-bond acceptors (Lipinski definition) is 4. The van der Waals surface area contributed by atoms with E-state index in [4.69, 9.17) is 16.7 Å². The van der Waals surface area contributed by atoms with Gasteiger partial charge in [0.2, 0.25) is 0 Å². The Kier molecular flexibility index (Phi) is 4.39. The number of aromatic nitrogens is 3. The van der Waals surface area contributed by atoms with E-state index >= 15 is 0 Å². The molecule has 104 valence electrons. The highest BCUT2D eigenvalue weighted by Gasteiger charge is 2.12. The third-order valence-electron chi connectivity index (χ3n) is 3.00. The van der Waals surface area contributed by atoms with E-state index in [1.54, 1.807) is 6.20 Å². The van der Waals surface area contributed by atoms with Crippen molar-refractivity contribution in [3.05, 3.63) is 23.0 Å². The van der Waals surface area contributed by atoms with E-state index in [9.17, 15) is 0 Å². The fourth-order valence-corrected chi connectivity index (χ4v) is 2.05. The van der Waals surface area contributed by atoms with Gasteiger partial charge >= 0.3 is 0 Å². The molecule has 5 nitrogen and oxygen atoms in total. The van der Waals surface area contributed by atoms with Gasteiger partial charge in [0.05, 0.1) is 12.8 Å². The van der Waals surface area contributed by atoms with Crippen LogP contribution in [0.2, 0.25) is 5.15 Å². The van der Waals surface area contributed by atoms with E-state index in [1.165, 1.54) is 0 Å². The van der Waals surface area contributed by atoms with E-state index in [2.05, 4.69) is 29.2 Å². The van der Waals surface area contributed by atoms with Gasteiger partial charge in [-0.3, -0.25) is 0 Å². The normalized spacial score (nSPS) is 13.4. The summed E-state index contributed by atoms with van der Waals surface area (Å²) in [6.45, 7) is 6.70. The number of nitrogens with one attached hydrogen (secondary N) is 1. The fourth-order valence-electron chi connectivity index (χ4n) is 1.85. The van der Waals surface area contributed by atoms with Gasteiger partial charge in [0.1, 0.15) is 5.15 Å². The average Bonchev–Trinajstić information content (AvgIpc) is 2.78. The van der Waals surface area contributed by atoms with Gasteiger partial charge in [0.25, 0.3) is 0 Å². The Morgan fingerprint density at radius 2 is 2.16 bits per heavy atom. The summed E-state index contributed by atoms with van der Waals surface area (Å²) in [6, 6.07) is 2.28. The molecule has 2 N–H and O–H groups in total. The second kappa shape index (κ2) is 5.86. The van der Waals surface area contributed by atoms with E-state index in [-0.39, 0.29) is 18.7 Å². The molecule has 1 atom stereocenters.